The lowest BCUT2D eigenvalue weighted by Gasteiger charge is -2.28. The van der Waals surface area contributed by atoms with Gasteiger partial charge in [-0.1, -0.05) is 29.8 Å². The fourth-order valence-electron chi connectivity index (χ4n) is 2.32. The molecule has 0 aliphatic carbocycles. The first-order chi connectivity index (χ1) is 9.02. The van der Waals surface area contributed by atoms with Crippen LogP contribution >= 0.6 is 15.9 Å². The number of aromatic nitrogens is 2. The predicted molar refractivity (Wildman–Crippen MR) is 82.1 cm³/mol. The van der Waals surface area contributed by atoms with Crippen LogP contribution in [0, 0.1) is 5.41 Å². The van der Waals surface area contributed by atoms with Gasteiger partial charge in [-0.2, -0.15) is 5.10 Å². The maximum atomic E-state index is 12.1. The van der Waals surface area contributed by atoms with E-state index in [4.69, 9.17) is 0 Å². The molecule has 0 atom stereocenters. The Hall–Kier alpha value is -0.840. The zero-order valence-corrected chi connectivity index (χ0v) is 13.3. The molecule has 1 aliphatic heterocycles. The van der Waals surface area contributed by atoms with Crippen molar-refractivity contribution in [2.45, 2.75) is 39.7 Å². The van der Waals surface area contributed by atoms with Crippen molar-refractivity contribution < 1.29 is 0 Å². The van der Waals surface area contributed by atoms with E-state index in [1.54, 1.807) is 10.7 Å². The Balaban J connectivity index is 2.15. The number of piperidine rings is 1. The molecule has 2 heterocycles. The molecule has 0 spiro atoms. The third kappa shape index (κ3) is 3.81. The highest BCUT2D eigenvalue weighted by molar-refractivity contribution is 9.09. The van der Waals surface area contributed by atoms with Gasteiger partial charge < -0.3 is 4.90 Å². The SMILES string of the molecule is CC(C)(CBr)Cn1ncc(N2CCCCC2)cc1=O. The van der Waals surface area contributed by atoms with Gasteiger partial charge in [0.25, 0.3) is 5.56 Å². The summed E-state index contributed by atoms with van der Waals surface area (Å²) in [5.41, 5.74) is 0.999. The maximum absolute atomic E-state index is 12.1. The van der Waals surface area contributed by atoms with E-state index in [9.17, 15) is 4.79 Å². The summed E-state index contributed by atoms with van der Waals surface area (Å²) in [6, 6.07) is 1.72. The van der Waals surface area contributed by atoms with Crippen molar-refractivity contribution in [1.82, 2.24) is 9.78 Å². The van der Waals surface area contributed by atoms with Gasteiger partial charge in [-0.25, -0.2) is 4.68 Å². The molecule has 4 nitrogen and oxygen atoms in total. The van der Waals surface area contributed by atoms with Crippen LogP contribution in [0.1, 0.15) is 33.1 Å². The van der Waals surface area contributed by atoms with E-state index < -0.39 is 0 Å². The van der Waals surface area contributed by atoms with Crippen LogP contribution < -0.4 is 10.5 Å². The maximum Gasteiger partial charge on any atom is 0.268 e. The smallest absolute Gasteiger partial charge is 0.268 e. The molecule has 0 unspecified atom stereocenters. The molecule has 0 N–H and O–H groups in total. The minimum atomic E-state index is -0.00269. The highest BCUT2D eigenvalue weighted by atomic mass is 79.9. The first kappa shape index (κ1) is 14.6. The molecule has 1 aromatic heterocycles. The first-order valence-electron chi connectivity index (χ1n) is 6.90. The van der Waals surface area contributed by atoms with Crippen molar-refractivity contribution in [2.24, 2.45) is 5.41 Å². The molecule has 1 saturated heterocycles. The van der Waals surface area contributed by atoms with E-state index in [0.717, 1.165) is 24.1 Å². The fourth-order valence-corrected chi connectivity index (χ4v) is 2.49. The van der Waals surface area contributed by atoms with Crippen molar-refractivity contribution in [2.75, 3.05) is 23.3 Å². The summed E-state index contributed by atoms with van der Waals surface area (Å²) in [5.74, 6) is 0. The van der Waals surface area contributed by atoms with Crippen LogP contribution in [-0.2, 0) is 6.54 Å². The predicted octanol–water partition coefficient (Wildman–Crippen LogP) is 2.65. The molecule has 1 fully saturated rings. The lowest BCUT2D eigenvalue weighted by Crippen LogP contribution is -2.34. The number of hydrogen-bond acceptors (Lipinski definition) is 3. The quantitative estimate of drug-likeness (QED) is 0.798. The molecule has 106 valence electrons. The van der Waals surface area contributed by atoms with Gasteiger partial charge in [0.1, 0.15) is 0 Å². The molecular formula is C14H22BrN3O. The van der Waals surface area contributed by atoms with Crippen molar-refractivity contribution in [3.8, 4) is 0 Å². The van der Waals surface area contributed by atoms with Gasteiger partial charge in [0.05, 0.1) is 18.4 Å². The summed E-state index contributed by atoms with van der Waals surface area (Å²) in [7, 11) is 0. The third-order valence-corrected chi connectivity index (χ3v) is 5.03. The van der Waals surface area contributed by atoms with Crippen LogP contribution in [0.15, 0.2) is 17.1 Å². The van der Waals surface area contributed by atoms with Gasteiger partial charge in [0.2, 0.25) is 0 Å². The number of alkyl halides is 1. The zero-order valence-electron chi connectivity index (χ0n) is 11.7. The molecule has 0 radical (unpaired) electrons. The van der Waals surface area contributed by atoms with Crippen LogP contribution in [0.3, 0.4) is 0 Å². The lowest BCUT2D eigenvalue weighted by molar-refractivity contribution is 0.326. The molecule has 19 heavy (non-hydrogen) atoms. The number of hydrogen-bond donors (Lipinski definition) is 0. The molecule has 1 aliphatic rings. The average molecular weight is 328 g/mol. The van der Waals surface area contributed by atoms with Gasteiger partial charge >= 0.3 is 0 Å². The van der Waals surface area contributed by atoms with E-state index in [1.165, 1.54) is 19.3 Å². The molecule has 0 saturated carbocycles. The van der Waals surface area contributed by atoms with E-state index >= 15 is 0 Å². The van der Waals surface area contributed by atoms with Crippen LogP contribution in [0.4, 0.5) is 5.69 Å². The summed E-state index contributed by atoms with van der Waals surface area (Å²) in [6.45, 7) is 6.95. The molecule has 5 heteroatoms. The summed E-state index contributed by atoms with van der Waals surface area (Å²) in [6.07, 6.45) is 5.54. The van der Waals surface area contributed by atoms with Crippen molar-refractivity contribution in [1.29, 1.82) is 0 Å². The molecule has 0 amide bonds. The van der Waals surface area contributed by atoms with Gasteiger partial charge in [-0.15, -0.1) is 0 Å². The van der Waals surface area contributed by atoms with Gasteiger partial charge in [0, 0.05) is 24.5 Å². The molecular weight excluding hydrogens is 306 g/mol. The third-order valence-electron chi connectivity index (χ3n) is 3.52. The summed E-state index contributed by atoms with van der Waals surface area (Å²) in [4.78, 5) is 14.4. The number of rotatable bonds is 4. The second-order valence-corrected chi connectivity index (χ2v) is 6.62. The molecule has 0 bridgehead atoms. The molecule has 0 aromatic carbocycles. The van der Waals surface area contributed by atoms with Crippen molar-refractivity contribution in [3.63, 3.8) is 0 Å². The fraction of sp³-hybridized carbons (Fsp3) is 0.714. The normalized spacial score (nSPS) is 16.7. The molecule has 2 rings (SSSR count). The van der Waals surface area contributed by atoms with E-state index in [-0.39, 0.29) is 11.0 Å². The Morgan fingerprint density at radius 1 is 1.32 bits per heavy atom. The Morgan fingerprint density at radius 2 is 2.00 bits per heavy atom. The van der Waals surface area contributed by atoms with Gasteiger partial charge in [-0.05, 0) is 24.7 Å². The summed E-state index contributed by atoms with van der Waals surface area (Å²) >= 11 is 3.48. The standard InChI is InChI=1S/C14H22BrN3O/c1-14(2,10-15)11-18-13(19)8-12(9-16-18)17-6-4-3-5-7-17/h8-9H,3-7,10-11H2,1-2H3. The van der Waals surface area contributed by atoms with Crippen LogP contribution in [-0.4, -0.2) is 28.2 Å². The summed E-state index contributed by atoms with van der Waals surface area (Å²) < 4.78 is 1.56. The first-order valence-corrected chi connectivity index (χ1v) is 8.02. The minimum Gasteiger partial charge on any atom is -0.370 e. The Morgan fingerprint density at radius 3 is 2.58 bits per heavy atom. The monoisotopic (exact) mass is 327 g/mol. The number of anilines is 1. The highest BCUT2D eigenvalue weighted by Gasteiger charge is 2.19. The topological polar surface area (TPSA) is 38.1 Å². The Kier molecular flexibility index (Phi) is 4.66. The largest absolute Gasteiger partial charge is 0.370 e. The van der Waals surface area contributed by atoms with Gasteiger partial charge in [0.15, 0.2) is 0 Å². The second-order valence-electron chi connectivity index (χ2n) is 6.06. The second kappa shape index (κ2) is 6.07. The van der Waals surface area contributed by atoms with E-state index in [2.05, 4.69) is 39.8 Å². The summed E-state index contributed by atoms with van der Waals surface area (Å²) in [5, 5.41) is 5.18. The number of halogens is 1. The Bertz CT molecular complexity index is 478. The van der Waals surface area contributed by atoms with Crippen molar-refractivity contribution in [3.05, 3.63) is 22.6 Å². The van der Waals surface area contributed by atoms with Crippen LogP contribution in [0.5, 0.6) is 0 Å². The minimum absolute atomic E-state index is 0.00269. The van der Waals surface area contributed by atoms with E-state index in [1.807, 2.05) is 6.20 Å². The van der Waals surface area contributed by atoms with E-state index in [0.29, 0.717) is 6.54 Å². The average Bonchev–Trinajstić information content (AvgIpc) is 2.42. The van der Waals surface area contributed by atoms with Gasteiger partial charge in [-0.3, -0.25) is 4.79 Å². The van der Waals surface area contributed by atoms with Crippen LogP contribution in [0.2, 0.25) is 0 Å². The Labute approximate surface area is 122 Å². The van der Waals surface area contributed by atoms with Crippen LogP contribution in [0.25, 0.3) is 0 Å². The lowest BCUT2D eigenvalue weighted by atomic mass is 9.97. The van der Waals surface area contributed by atoms with Crippen molar-refractivity contribution >= 4 is 21.6 Å². The zero-order chi connectivity index (χ0) is 13.9. The highest BCUT2D eigenvalue weighted by Crippen LogP contribution is 2.20. The molecule has 1 aromatic rings. The number of nitrogens with zero attached hydrogens (tertiary/aromatic N) is 3.